The number of rotatable bonds is 53. The normalized spacial score (nSPS) is 12.8. The maximum absolute atomic E-state index is 12.8. The van der Waals surface area contributed by atoms with Gasteiger partial charge in [-0.1, -0.05) is 240 Å². The lowest BCUT2D eigenvalue weighted by atomic mass is 10.0. The molecular weight excluding hydrogens is 877 g/mol. The van der Waals surface area contributed by atoms with Crippen molar-refractivity contribution in [1.82, 2.24) is 0 Å². The van der Waals surface area contributed by atoms with Crippen LogP contribution in [0.15, 0.2) is 97.2 Å². The van der Waals surface area contributed by atoms with E-state index in [-0.39, 0.29) is 37.5 Å². The van der Waals surface area contributed by atoms with Crippen LogP contribution in [0.5, 0.6) is 0 Å². The molecule has 1 unspecified atom stereocenters. The first-order valence-electron chi connectivity index (χ1n) is 29.7. The van der Waals surface area contributed by atoms with Crippen LogP contribution in [0.1, 0.15) is 278 Å². The van der Waals surface area contributed by atoms with E-state index >= 15 is 0 Å². The van der Waals surface area contributed by atoms with E-state index in [1.54, 1.807) is 0 Å². The Morgan fingerprint density at radius 3 is 0.930 bits per heavy atom. The van der Waals surface area contributed by atoms with Gasteiger partial charge in [0.15, 0.2) is 6.10 Å². The Morgan fingerprint density at radius 1 is 0.296 bits per heavy atom. The summed E-state index contributed by atoms with van der Waals surface area (Å²) in [5, 5.41) is 0. The molecule has 6 heteroatoms. The smallest absolute Gasteiger partial charge is 0.306 e. The summed E-state index contributed by atoms with van der Waals surface area (Å²) in [6.45, 7) is 6.46. The molecule has 0 saturated carbocycles. The number of ether oxygens (including phenoxy) is 3. The highest BCUT2D eigenvalue weighted by Gasteiger charge is 2.19. The molecule has 0 aromatic carbocycles. The van der Waals surface area contributed by atoms with Crippen LogP contribution < -0.4 is 0 Å². The minimum atomic E-state index is -0.812. The zero-order chi connectivity index (χ0) is 51.4. The van der Waals surface area contributed by atoms with Gasteiger partial charge in [0.25, 0.3) is 0 Å². The van der Waals surface area contributed by atoms with Crippen molar-refractivity contribution in [2.24, 2.45) is 0 Å². The molecule has 0 radical (unpaired) electrons. The van der Waals surface area contributed by atoms with Crippen molar-refractivity contribution >= 4 is 17.9 Å². The minimum absolute atomic E-state index is 0.104. The average molecular weight is 988 g/mol. The molecule has 0 N–H and O–H groups in total. The van der Waals surface area contributed by atoms with E-state index in [2.05, 4.69) is 118 Å². The first kappa shape index (κ1) is 67.3. The van der Waals surface area contributed by atoms with Crippen LogP contribution in [0, 0.1) is 0 Å². The maximum Gasteiger partial charge on any atom is 0.306 e. The van der Waals surface area contributed by atoms with E-state index in [1.807, 2.05) is 0 Å². The maximum atomic E-state index is 12.8. The Hall–Kier alpha value is -3.67. The van der Waals surface area contributed by atoms with E-state index in [9.17, 15) is 14.4 Å². The van der Waals surface area contributed by atoms with Crippen LogP contribution in [0.25, 0.3) is 0 Å². The zero-order valence-corrected chi connectivity index (χ0v) is 46.5. The molecule has 71 heavy (non-hydrogen) atoms. The second-order valence-corrected chi connectivity index (χ2v) is 19.5. The van der Waals surface area contributed by atoms with Gasteiger partial charge < -0.3 is 14.2 Å². The summed E-state index contributed by atoms with van der Waals surface area (Å²) in [5.74, 6) is -0.970. The van der Waals surface area contributed by atoms with Gasteiger partial charge in [-0.25, -0.2) is 0 Å². The van der Waals surface area contributed by atoms with Gasteiger partial charge in [0.1, 0.15) is 13.2 Å². The molecule has 0 aliphatic heterocycles. The van der Waals surface area contributed by atoms with Gasteiger partial charge >= 0.3 is 17.9 Å². The molecule has 0 amide bonds. The number of carbonyl (C=O) groups excluding carboxylic acids is 3. The predicted octanol–water partition coefficient (Wildman–Crippen LogP) is 20.1. The Bertz CT molecular complexity index is 1410. The summed E-state index contributed by atoms with van der Waals surface area (Å²) in [7, 11) is 0. The molecule has 0 fully saturated rings. The minimum Gasteiger partial charge on any atom is -0.462 e. The second-order valence-electron chi connectivity index (χ2n) is 19.5. The quantitative estimate of drug-likeness (QED) is 0.0261. The largest absolute Gasteiger partial charge is 0.462 e. The number of esters is 3. The van der Waals surface area contributed by atoms with Crippen LogP contribution in [-0.4, -0.2) is 37.2 Å². The summed E-state index contributed by atoms with van der Waals surface area (Å²) in [5.41, 5.74) is 0. The number of carbonyl (C=O) groups is 3. The molecule has 0 aromatic rings. The van der Waals surface area contributed by atoms with Crippen molar-refractivity contribution in [3.05, 3.63) is 97.2 Å². The van der Waals surface area contributed by atoms with Crippen LogP contribution >= 0.6 is 0 Å². The second kappa shape index (κ2) is 58.9. The van der Waals surface area contributed by atoms with Crippen molar-refractivity contribution in [1.29, 1.82) is 0 Å². The molecule has 0 aromatic heterocycles. The molecule has 406 valence electrons. The highest BCUT2D eigenvalue weighted by Crippen LogP contribution is 2.15. The standard InChI is InChI=1S/C65H110O6/c1-4-7-10-13-16-19-22-25-27-29-30-31-32-33-34-36-37-40-43-46-49-52-55-58-64(67)70-61-62(60-69-63(66)57-54-51-48-45-42-39-24-21-18-15-12-9-6-3)71-65(68)59-56-53-50-47-44-41-38-35-28-26-23-20-17-14-11-8-5-2/h8,11,17,20-22,24-26,28-30,38,41,47,50,62H,4-7,9-10,12-16,18-19,23,27,31-37,39-40,42-46,48-49,51-61H2,1-3H3/b11-8-,20-17-,24-21-,25-22-,28-26-,30-29-,41-38-,50-47-. The van der Waals surface area contributed by atoms with Gasteiger partial charge in [0, 0.05) is 19.3 Å². The first-order valence-corrected chi connectivity index (χ1v) is 29.7. The van der Waals surface area contributed by atoms with Gasteiger partial charge in [-0.05, 0) is 116 Å². The third-order valence-corrected chi connectivity index (χ3v) is 12.5. The summed E-state index contributed by atoms with van der Waals surface area (Å²) < 4.78 is 16.8. The van der Waals surface area contributed by atoms with E-state index < -0.39 is 6.10 Å². The third kappa shape index (κ3) is 57.1. The van der Waals surface area contributed by atoms with E-state index in [0.717, 1.165) is 96.3 Å². The summed E-state index contributed by atoms with van der Waals surface area (Å²) in [6.07, 6.45) is 78.4. The average Bonchev–Trinajstić information content (AvgIpc) is 3.37. The number of hydrogen-bond donors (Lipinski definition) is 0. The molecule has 1 atom stereocenters. The lowest BCUT2D eigenvalue weighted by Gasteiger charge is -2.18. The molecule has 0 saturated heterocycles. The monoisotopic (exact) mass is 987 g/mol. The van der Waals surface area contributed by atoms with Crippen molar-refractivity contribution < 1.29 is 28.6 Å². The van der Waals surface area contributed by atoms with Crippen molar-refractivity contribution in [3.8, 4) is 0 Å². The summed E-state index contributed by atoms with van der Waals surface area (Å²) >= 11 is 0. The number of allylic oxidation sites excluding steroid dienone is 16. The van der Waals surface area contributed by atoms with Gasteiger partial charge in [-0.3, -0.25) is 14.4 Å². The lowest BCUT2D eigenvalue weighted by molar-refractivity contribution is -0.167. The number of hydrogen-bond acceptors (Lipinski definition) is 6. The van der Waals surface area contributed by atoms with Crippen LogP contribution in [0.4, 0.5) is 0 Å². The van der Waals surface area contributed by atoms with Crippen molar-refractivity contribution in [2.45, 2.75) is 284 Å². The number of unbranched alkanes of at least 4 members (excludes halogenated alkanes) is 26. The van der Waals surface area contributed by atoms with Crippen molar-refractivity contribution in [3.63, 3.8) is 0 Å². The van der Waals surface area contributed by atoms with Crippen molar-refractivity contribution in [2.75, 3.05) is 13.2 Å². The fraction of sp³-hybridized carbons (Fsp3) is 0.708. The predicted molar refractivity (Wildman–Crippen MR) is 307 cm³/mol. The molecule has 0 bridgehead atoms. The molecule has 0 aliphatic carbocycles. The SMILES string of the molecule is CC/C=C\C/C=C\C/C=C\C/C=C\C/C=C\CCCC(=O)OC(COC(=O)CCCCCCC/C=C\CCCCCC)COC(=O)CCCCCCCCCCCCC/C=C\C/C=C\CCCCCCC. The molecule has 0 spiro atoms. The Labute approximate surface area is 438 Å². The van der Waals surface area contributed by atoms with E-state index in [4.69, 9.17) is 14.2 Å². The van der Waals surface area contributed by atoms with Gasteiger partial charge in [0.2, 0.25) is 0 Å². The molecule has 6 nitrogen and oxygen atoms in total. The molecule has 0 rings (SSSR count). The van der Waals surface area contributed by atoms with Crippen LogP contribution in [-0.2, 0) is 28.6 Å². The van der Waals surface area contributed by atoms with E-state index in [0.29, 0.717) is 19.3 Å². The summed E-state index contributed by atoms with van der Waals surface area (Å²) in [4.78, 5) is 38.2. The highest BCUT2D eigenvalue weighted by molar-refractivity contribution is 5.71. The van der Waals surface area contributed by atoms with Gasteiger partial charge in [-0.15, -0.1) is 0 Å². The Morgan fingerprint density at radius 2 is 0.563 bits per heavy atom. The fourth-order valence-corrected chi connectivity index (χ4v) is 8.09. The van der Waals surface area contributed by atoms with Crippen LogP contribution in [0.2, 0.25) is 0 Å². The topological polar surface area (TPSA) is 78.9 Å². The molecular formula is C65H110O6. The van der Waals surface area contributed by atoms with Gasteiger partial charge in [-0.2, -0.15) is 0 Å². The molecule has 0 heterocycles. The van der Waals surface area contributed by atoms with Gasteiger partial charge in [0.05, 0.1) is 0 Å². The lowest BCUT2D eigenvalue weighted by Crippen LogP contribution is -2.30. The van der Waals surface area contributed by atoms with Crippen LogP contribution in [0.3, 0.4) is 0 Å². The first-order chi connectivity index (χ1) is 35.0. The zero-order valence-electron chi connectivity index (χ0n) is 46.5. The fourth-order valence-electron chi connectivity index (χ4n) is 8.09. The van der Waals surface area contributed by atoms with E-state index in [1.165, 1.54) is 135 Å². The highest BCUT2D eigenvalue weighted by atomic mass is 16.6. The Kier molecular flexibility index (Phi) is 55.9. The Balaban J connectivity index is 4.41. The summed E-state index contributed by atoms with van der Waals surface area (Å²) in [6, 6.07) is 0. The molecule has 0 aliphatic rings. The third-order valence-electron chi connectivity index (χ3n) is 12.5.